The number of nitrogens with zero attached hydrogens (tertiary/aromatic N) is 1. The van der Waals surface area contributed by atoms with Crippen LogP contribution in [0.5, 0.6) is 5.75 Å². The van der Waals surface area contributed by atoms with Crippen molar-refractivity contribution in [1.29, 1.82) is 0 Å². The quantitative estimate of drug-likeness (QED) is 0.880. The molecule has 0 bridgehead atoms. The first-order valence-corrected chi connectivity index (χ1v) is 4.95. The van der Waals surface area contributed by atoms with Crippen LogP contribution >= 0.6 is 0 Å². The van der Waals surface area contributed by atoms with Crippen molar-refractivity contribution >= 4 is 5.97 Å². The van der Waals surface area contributed by atoms with Crippen molar-refractivity contribution in [2.24, 2.45) is 0 Å². The number of aromatic carboxylic acids is 1. The maximum absolute atomic E-state index is 11.0. The van der Waals surface area contributed by atoms with E-state index in [2.05, 4.69) is 4.98 Å². The number of hydrogen-bond acceptors (Lipinski definition) is 4. The predicted octanol–water partition coefficient (Wildman–Crippen LogP) is 2.36. The molecule has 1 heterocycles. The van der Waals surface area contributed by atoms with Crippen molar-refractivity contribution in [3.8, 4) is 17.0 Å². The molecule has 0 spiro atoms. The third-order valence-corrected chi connectivity index (χ3v) is 2.34. The number of hydrogen-bond donors (Lipinski definition) is 1. The lowest BCUT2D eigenvalue weighted by Crippen LogP contribution is -2.00. The minimum Gasteiger partial charge on any atom is -0.496 e. The Morgan fingerprint density at radius 1 is 1.47 bits per heavy atom. The fraction of sp³-hybridized carbons (Fsp3) is 0.167. The number of carbonyl (C=O) groups is 1. The summed E-state index contributed by atoms with van der Waals surface area (Å²) < 4.78 is 10.1. The Balaban J connectivity index is 2.50. The van der Waals surface area contributed by atoms with Gasteiger partial charge in [0.25, 0.3) is 0 Å². The van der Waals surface area contributed by atoms with Crippen LogP contribution in [0, 0.1) is 6.92 Å². The Morgan fingerprint density at radius 2 is 2.24 bits per heavy atom. The van der Waals surface area contributed by atoms with Gasteiger partial charge in [0, 0.05) is 12.5 Å². The first-order valence-electron chi connectivity index (χ1n) is 4.95. The summed E-state index contributed by atoms with van der Waals surface area (Å²) in [6.45, 7) is 1.73. The third-order valence-electron chi connectivity index (χ3n) is 2.34. The standard InChI is InChI=1S/C12H11NO4/c1-7-13-10(6-17-7)8-3-4-11(16-2)9(5-8)12(14)15/h3-6H,1-2H3,(H,14,15). The van der Waals surface area contributed by atoms with Gasteiger partial charge in [-0.1, -0.05) is 0 Å². The fourth-order valence-electron chi connectivity index (χ4n) is 1.53. The molecule has 0 radical (unpaired) electrons. The summed E-state index contributed by atoms with van der Waals surface area (Å²) in [7, 11) is 1.43. The minimum atomic E-state index is -1.04. The Bertz CT molecular complexity index is 559. The van der Waals surface area contributed by atoms with Gasteiger partial charge < -0.3 is 14.3 Å². The van der Waals surface area contributed by atoms with Crippen molar-refractivity contribution in [3.63, 3.8) is 0 Å². The monoisotopic (exact) mass is 233 g/mol. The number of carboxylic acids is 1. The lowest BCUT2D eigenvalue weighted by atomic mass is 10.1. The maximum Gasteiger partial charge on any atom is 0.339 e. The van der Waals surface area contributed by atoms with E-state index in [9.17, 15) is 4.79 Å². The van der Waals surface area contributed by atoms with E-state index in [1.807, 2.05) is 0 Å². The Labute approximate surface area is 97.7 Å². The summed E-state index contributed by atoms with van der Waals surface area (Å²) in [6, 6.07) is 4.85. The first kappa shape index (κ1) is 11.2. The largest absolute Gasteiger partial charge is 0.496 e. The summed E-state index contributed by atoms with van der Waals surface area (Å²) in [5.74, 6) is -0.182. The highest BCUT2D eigenvalue weighted by molar-refractivity contribution is 5.92. The van der Waals surface area contributed by atoms with Crippen LogP contribution in [-0.2, 0) is 0 Å². The number of methoxy groups -OCH3 is 1. The van der Waals surface area contributed by atoms with Gasteiger partial charge in [0.05, 0.1) is 7.11 Å². The van der Waals surface area contributed by atoms with Crippen molar-refractivity contribution in [2.75, 3.05) is 7.11 Å². The molecule has 1 aromatic heterocycles. The van der Waals surface area contributed by atoms with Gasteiger partial charge in [-0.25, -0.2) is 9.78 Å². The molecular formula is C12H11NO4. The SMILES string of the molecule is COc1ccc(-c2coc(C)n2)cc1C(=O)O. The molecule has 0 saturated carbocycles. The highest BCUT2D eigenvalue weighted by Gasteiger charge is 2.13. The van der Waals surface area contributed by atoms with Crippen molar-refractivity contribution in [2.45, 2.75) is 6.92 Å². The second-order valence-electron chi connectivity index (χ2n) is 3.47. The lowest BCUT2D eigenvalue weighted by Gasteiger charge is -2.05. The van der Waals surface area contributed by atoms with Crippen molar-refractivity contribution < 1.29 is 19.1 Å². The summed E-state index contributed by atoms with van der Waals surface area (Å²) in [5, 5.41) is 9.05. The number of oxazole rings is 1. The average Bonchev–Trinajstić information content (AvgIpc) is 2.75. The van der Waals surface area contributed by atoms with E-state index >= 15 is 0 Å². The van der Waals surface area contributed by atoms with Gasteiger partial charge in [0.15, 0.2) is 5.89 Å². The molecule has 0 amide bonds. The van der Waals surface area contributed by atoms with Crippen molar-refractivity contribution in [3.05, 3.63) is 35.9 Å². The predicted molar refractivity (Wildman–Crippen MR) is 60.2 cm³/mol. The van der Waals surface area contributed by atoms with Crippen LogP contribution < -0.4 is 4.74 Å². The third kappa shape index (κ3) is 2.13. The summed E-state index contributed by atoms with van der Waals surface area (Å²) >= 11 is 0. The van der Waals surface area contributed by atoms with Gasteiger partial charge >= 0.3 is 5.97 Å². The molecule has 0 atom stereocenters. The first-order chi connectivity index (χ1) is 8.11. The molecule has 0 aliphatic carbocycles. The molecule has 0 aliphatic rings. The molecule has 5 heteroatoms. The van der Waals surface area contributed by atoms with E-state index in [1.165, 1.54) is 19.4 Å². The summed E-state index contributed by atoms with van der Waals surface area (Å²) in [6.07, 6.45) is 1.49. The highest BCUT2D eigenvalue weighted by atomic mass is 16.5. The molecule has 17 heavy (non-hydrogen) atoms. The normalized spacial score (nSPS) is 10.2. The minimum absolute atomic E-state index is 0.102. The van der Waals surface area contributed by atoms with Gasteiger partial charge in [-0.15, -0.1) is 0 Å². The molecule has 5 nitrogen and oxygen atoms in total. The van der Waals surface area contributed by atoms with E-state index in [4.69, 9.17) is 14.3 Å². The molecule has 2 rings (SSSR count). The zero-order chi connectivity index (χ0) is 12.4. The molecule has 1 aromatic carbocycles. The molecule has 1 N–H and O–H groups in total. The van der Waals surface area contributed by atoms with E-state index in [-0.39, 0.29) is 5.56 Å². The number of aromatic nitrogens is 1. The molecule has 2 aromatic rings. The second-order valence-corrected chi connectivity index (χ2v) is 3.47. The van der Waals surface area contributed by atoms with Crippen LogP contribution in [0.25, 0.3) is 11.3 Å². The van der Waals surface area contributed by atoms with Gasteiger partial charge in [-0.3, -0.25) is 0 Å². The lowest BCUT2D eigenvalue weighted by molar-refractivity contribution is 0.0693. The summed E-state index contributed by atoms with van der Waals surface area (Å²) in [5.41, 5.74) is 1.39. The Morgan fingerprint density at radius 3 is 2.76 bits per heavy atom. The Hall–Kier alpha value is -2.30. The number of carboxylic acid groups (broad SMARTS) is 1. The van der Waals surface area contributed by atoms with Crippen LogP contribution in [-0.4, -0.2) is 23.2 Å². The van der Waals surface area contributed by atoms with E-state index < -0.39 is 5.97 Å². The van der Waals surface area contributed by atoms with Crippen molar-refractivity contribution in [1.82, 2.24) is 4.98 Å². The zero-order valence-corrected chi connectivity index (χ0v) is 9.43. The van der Waals surface area contributed by atoms with Crippen LogP contribution in [0.3, 0.4) is 0 Å². The second kappa shape index (κ2) is 4.29. The number of ether oxygens (including phenoxy) is 1. The molecule has 0 saturated heterocycles. The van der Waals surface area contributed by atoms with Crippen LogP contribution in [0.2, 0.25) is 0 Å². The van der Waals surface area contributed by atoms with E-state index in [1.54, 1.807) is 19.1 Å². The van der Waals surface area contributed by atoms with Crippen LogP contribution in [0.15, 0.2) is 28.9 Å². The highest BCUT2D eigenvalue weighted by Crippen LogP contribution is 2.26. The van der Waals surface area contributed by atoms with Gasteiger partial charge in [-0.2, -0.15) is 0 Å². The molecular weight excluding hydrogens is 222 g/mol. The number of benzene rings is 1. The number of aryl methyl sites for hydroxylation is 1. The van der Waals surface area contributed by atoms with Gasteiger partial charge in [0.2, 0.25) is 0 Å². The topological polar surface area (TPSA) is 72.6 Å². The number of rotatable bonds is 3. The molecule has 0 aliphatic heterocycles. The van der Waals surface area contributed by atoms with Gasteiger partial charge in [-0.05, 0) is 18.2 Å². The smallest absolute Gasteiger partial charge is 0.339 e. The maximum atomic E-state index is 11.0. The average molecular weight is 233 g/mol. The molecule has 0 fully saturated rings. The van der Waals surface area contributed by atoms with E-state index in [0.29, 0.717) is 22.9 Å². The molecule has 88 valence electrons. The Kier molecular flexibility index (Phi) is 2.82. The molecule has 0 unspecified atom stereocenters. The zero-order valence-electron chi connectivity index (χ0n) is 9.43. The van der Waals surface area contributed by atoms with Crippen LogP contribution in [0.1, 0.15) is 16.2 Å². The van der Waals surface area contributed by atoms with E-state index in [0.717, 1.165) is 0 Å². The fourth-order valence-corrected chi connectivity index (χ4v) is 1.53. The summed E-state index contributed by atoms with van der Waals surface area (Å²) in [4.78, 5) is 15.2. The van der Waals surface area contributed by atoms with Gasteiger partial charge in [0.1, 0.15) is 23.3 Å². The van der Waals surface area contributed by atoms with Crippen LogP contribution in [0.4, 0.5) is 0 Å².